The molecule has 0 amide bonds. The average molecular weight is 216 g/mol. The Kier molecular flexibility index (Phi) is 2.18. The minimum absolute atomic E-state index is 0.0213. The molecule has 1 atom stereocenters. The first-order valence-corrected chi connectivity index (χ1v) is 5.22. The van der Waals surface area contributed by atoms with Gasteiger partial charge in [-0.15, -0.1) is 0 Å². The van der Waals surface area contributed by atoms with Gasteiger partial charge in [-0.25, -0.2) is 0 Å². The summed E-state index contributed by atoms with van der Waals surface area (Å²) in [7, 11) is 0. The summed E-state index contributed by atoms with van der Waals surface area (Å²) in [6, 6.07) is 5.89. The lowest BCUT2D eigenvalue weighted by Gasteiger charge is -2.13. The van der Waals surface area contributed by atoms with Crippen LogP contribution in [0.3, 0.4) is 0 Å². The maximum Gasteiger partial charge on any atom is 0.231 e. The normalized spacial score (nSPS) is 22.0. The second-order valence-electron chi connectivity index (χ2n) is 3.73. The third-order valence-electron chi connectivity index (χ3n) is 2.82. The van der Waals surface area contributed by atoms with Crippen LogP contribution < -0.4 is 9.47 Å². The minimum Gasteiger partial charge on any atom is -0.454 e. The zero-order valence-electron chi connectivity index (χ0n) is 8.81. The van der Waals surface area contributed by atoms with Crippen LogP contribution in [0.25, 0.3) is 0 Å². The number of hydrogen-bond donors (Lipinski definition) is 0. The van der Waals surface area contributed by atoms with Gasteiger partial charge in [0.25, 0.3) is 0 Å². The van der Waals surface area contributed by atoms with Crippen LogP contribution in [0, 0.1) is 0 Å². The minimum atomic E-state index is -0.0213. The first-order chi connectivity index (χ1) is 7.88. The van der Waals surface area contributed by atoms with E-state index in [1.807, 2.05) is 30.4 Å². The standard InChI is InChI=1S/C13H12O3/c1-2-9-5-6-14-13(9)10-3-4-11-12(7-10)16-8-15-11/h2-5,7,13H,1,6,8H2. The molecule has 0 radical (unpaired) electrons. The highest BCUT2D eigenvalue weighted by Gasteiger charge is 2.22. The first kappa shape index (κ1) is 9.48. The van der Waals surface area contributed by atoms with E-state index in [1.54, 1.807) is 0 Å². The van der Waals surface area contributed by atoms with Crippen LogP contribution in [0.1, 0.15) is 11.7 Å². The van der Waals surface area contributed by atoms with Crippen LogP contribution in [0.15, 0.2) is 42.5 Å². The van der Waals surface area contributed by atoms with Gasteiger partial charge in [0.05, 0.1) is 6.61 Å². The molecule has 2 aliphatic rings. The zero-order chi connectivity index (χ0) is 11.0. The number of hydrogen-bond acceptors (Lipinski definition) is 3. The van der Waals surface area contributed by atoms with E-state index in [0.29, 0.717) is 13.4 Å². The van der Waals surface area contributed by atoms with Gasteiger partial charge in [-0.2, -0.15) is 0 Å². The van der Waals surface area contributed by atoms with E-state index in [2.05, 4.69) is 6.58 Å². The van der Waals surface area contributed by atoms with Crippen molar-refractivity contribution < 1.29 is 14.2 Å². The van der Waals surface area contributed by atoms with Gasteiger partial charge in [-0.3, -0.25) is 0 Å². The highest BCUT2D eigenvalue weighted by Crippen LogP contribution is 2.38. The lowest BCUT2D eigenvalue weighted by molar-refractivity contribution is 0.125. The SMILES string of the molecule is C=CC1=CCOC1c1ccc2c(c1)OCO2. The number of rotatable bonds is 2. The molecule has 0 fully saturated rings. The Morgan fingerprint density at radius 1 is 1.25 bits per heavy atom. The first-order valence-electron chi connectivity index (χ1n) is 5.22. The second kappa shape index (κ2) is 3.68. The van der Waals surface area contributed by atoms with Crippen molar-refractivity contribution in [1.29, 1.82) is 0 Å². The van der Waals surface area contributed by atoms with Crippen LogP contribution in [0.2, 0.25) is 0 Å². The fourth-order valence-corrected chi connectivity index (χ4v) is 2.00. The Bertz CT molecular complexity index is 462. The monoisotopic (exact) mass is 216 g/mol. The molecular weight excluding hydrogens is 204 g/mol. The summed E-state index contributed by atoms with van der Waals surface area (Å²) >= 11 is 0. The smallest absolute Gasteiger partial charge is 0.231 e. The molecule has 0 saturated carbocycles. The Morgan fingerprint density at radius 3 is 3.00 bits per heavy atom. The van der Waals surface area contributed by atoms with Crippen molar-refractivity contribution in [2.24, 2.45) is 0 Å². The molecule has 1 aromatic carbocycles. The van der Waals surface area contributed by atoms with Gasteiger partial charge in [0.1, 0.15) is 6.10 Å². The maximum atomic E-state index is 5.64. The zero-order valence-corrected chi connectivity index (χ0v) is 8.81. The topological polar surface area (TPSA) is 27.7 Å². The van der Waals surface area contributed by atoms with Crippen LogP contribution in [-0.4, -0.2) is 13.4 Å². The molecule has 3 heteroatoms. The molecule has 1 unspecified atom stereocenters. The molecule has 3 nitrogen and oxygen atoms in total. The van der Waals surface area contributed by atoms with E-state index in [-0.39, 0.29) is 6.10 Å². The van der Waals surface area contributed by atoms with E-state index in [9.17, 15) is 0 Å². The number of ether oxygens (including phenoxy) is 3. The van der Waals surface area contributed by atoms with Crippen molar-refractivity contribution in [3.8, 4) is 11.5 Å². The molecule has 16 heavy (non-hydrogen) atoms. The Balaban J connectivity index is 1.95. The average Bonchev–Trinajstić information content (AvgIpc) is 2.96. The molecule has 0 aromatic heterocycles. The summed E-state index contributed by atoms with van der Waals surface area (Å²) < 4.78 is 16.3. The Morgan fingerprint density at radius 2 is 2.12 bits per heavy atom. The summed E-state index contributed by atoms with van der Waals surface area (Å²) in [4.78, 5) is 0. The largest absolute Gasteiger partial charge is 0.454 e. The van der Waals surface area contributed by atoms with Crippen molar-refractivity contribution in [2.45, 2.75) is 6.10 Å². The molecule has 0 bridgehead atoms. The Hall–Kier alpha value is -1.74. The predicted molar refractivity (Wildman–Crippen MR) is 59.5 cm³/mol. The van der Waals surface area contributed by atoms with E-state index in [1.165, 1.54) is 0 Å². The third kappa shape index (κ3) is 1.41. The van der Waals surface area contributed by atoms with E-state index in [0.717, 1.165) is 22.6 Å². The number of fused-ring (bicyclic) bond motifs is 1. The lowest BCUT2D eigenvalue weighted by atomic mass is 10.0. The molecule has 3 rings (SSSR count). The molecule has 0 aliphatic carbocycles. The van der Waals surface area contributed by atoms with Gasteiger partial charge in [0.2, 0.25) is 6.79 Å². The van der Waals surface area contributed by atoms with Crippen LogP contribution in [0.4, 0.5) is 0 Å². The van der Waals surface area contributed by atoms with Gasteiger partial charge in [-0.1, -0.05) is 24.8 Å². The fourth-order valence-electron chi connectivity index (χ4n) is 2.00. The van der Waals surface area contributed by atoms with Gasteiger partial charge in [0, 0.05) is 0 Å². The van der Waals surface area contributed by atoms with Gasteiger partial charge in [0.15, 0.2) is 11.5 Å². The van der Waals surface area contributed by atoms with Crippen LogP contribution >= 0.6 is 0 Å². The molecule has 2 aliphatic heterocycles. The molecule has 0 spiro atoms. The highest BCUT2D eigenvalue weighted by atomic mass is 16.7. The fraction of sp³-hybridized carbons (Fsp3) is 0.231. The van der Waals surface area contributed by atoms with Gasteiger partial charge < -0.3 is 14.2 Å². The maximum absolute atomic E-state index is 5.64. The predicted octanol–water partition coefficient (Wildman–Crippen LogP) is 2.60. The molecule has 0 saturated heterocycles. The van der Waals surface area contributed by atoms with Crippen LogP contribution in [0.5, 0.6) is 11.5 Å². The van der Waals surface area contributed by atoms with Gasteiger partial charge >= 0.3 is 0 Å². The highest BCUT2D eigenvalue weighted by molar-refractivity contribution is 5.47. The van der Waals surface area contributed by atoms with Crippen molar-refractivity contribution in [2.75, 3.05) is 13.4 Å². The summed E-state index contributed by atoms with van der Waals surface area (Å²) in [5, 5.41) is 0. The van der Waals surface area contributed by atoms with Crippen molar-refractivity contribution in [1.82, 2.24) is 0 Å². The Labute approximate surface area is 93.9 Å². The van der Waals surface area contributed by atoms with E-state index >= 15 is 0 Å². The van der Waals surface area contributed by atoms with E-state index in [4.69, 9.17) is 14.2 Å². The summed E-state index contributed by atoms with van der Waals surface area (Å²) in [5.74, 6) is 1.59. The molecule has 0 N–H and O–H groups in total. The molecular formula is C13H12O3. The van der Waals surface area contributed by atoms with Crippen molar-refractivity contribution in [3.63, 3.8) is 0 Å². The number of benzene rings is 1. The van der Waals surface area contributed by atoms with Crippen molar-refractivity contribution in [3.05, 3.63) is 48.1 Å². The van der Waals surface area contributed by atoms with Crippen LogP contribution in [-0.2, 0) is 4.74 Å². The third-order valence-corrected chi connectivity index (χ3v) is 2.82. The molecule has 2 heterocycles. The molecule has 82 valence electrons. The molecule has 1 aromatic rings. The summed E-state index contributed by atoms with van der Waals surface area (Å²) in [5.41, 5.74) is 2.19. The van der Waals surface area contributed by atoms with Crippen molar-refractivity contribution >= 4 is 0 Å². The quantitative estimate of drug-likeness (QED) is 0.760. The lowest BCUT2D eigenvalue weighted by Crippen LogP contribution is -1.99. The van der Waals surface area contributed by atoms with E-state index < -0.39 is 0 Å². The summed E-state index contributed by atoms with van der Waals surface area (Å²) in [6.07, 6.45) is 3.86. The second-order valence-corrected chi connectivity index (χ2v) is 3.73. The van der Waals surface area contributed by atoms with Gasteiger partial charge in [-0.05, 0) is 23.3 Å². The summed E-state index contributed by atoms with van der Waals surface area (Å²) in [6.45, 7) is 4.73.